The molecule has 1 aromatic rings. The van der Waals surface area contributed by atoms with E-state index < -0.39 is 0 Å². The van der Waals surface area contributed by atoms with Crippen molar-refractivity contribution >= 4 is 15.9 Å². The minimum absolute atomic E-state index is 0.179. The molecule has 0 bridgehead atoms. The third-order valence-corrected chi connectivity index (χ3v) is 2.95. The van der Waals surface area contributed by atoms with Crippen molar-refractivity contribution in [1.29, 1.82) is 0 Å². The van der Waals surface area contributed by atoms with Crippen molar-refractivity contribution in [2.75, 3.05) is 27.3 Å². The lowest BCUT2D eigenvalue weighted by Crippen LogP contribution is -2.21. The summed E-state index contributed by atoms with van der Waals surface area (Å²) >= 11 is 3.49. The van der Waals surface area contributed by atoms with Gasteiger partial charge in [0.05, 0.1) is 13.7 Å². The van der Waals surface area contributed by atoms with Gasteiger partial charge in [-0.1, -0.05) is 15.9 Å². The van der Waals surface area contributed by atoms with Gasteiger partial charge in [0.15, 0.2) is 0 Å². The first-order chi connectivity index (χ1) is 7.17. The van der Waals surface area contributed by atoms with E-state index in [1.54, 1.807) is 7.11 Å². The summed E-state index contributed by atoms with van der Waals surface area (Å²) in [6, 6.07) is 5.89. The lowest BCUT2D eigenvalue weighted by Gasteiger charge is -2.16. The maximum atomic E-state index is 8.81. The molecule has 0 atom stereocenters. The summed E-state index contributed by atoms with van der Waals surface area (Å²) in [5.41, 5.74) is 1.16. The van der Waals surface area contributed by atoms with E-state index in [-0.39, 0.29) is 6.61 Å². The van der Waals surface area contributed by atoms with Crippen molar-refractivity contribution in [2.45, 2.75) is 6.54 Å². The smallest absolute Gasteiger partial charge is 0.119 e. The largest absolute Gasteiger partial charge is 0.497 e. The Balaban J connectivity index is 2.74. The Morgan fingerprint density at radius 3 is 2.80 bits per heavy atom. The molecule has 1 aromatic carbocycles. The molecule has 0 fully saturated rings. The van der Waals surface area contributed by atoms with Crippen molar-refractivity contribution in [3.05, 3.63) is 28.2 Å². The fraction of sp³-hybridized carbons (Fsp3) is 0.455. The SMILES string of the molecule is COc1ccc(Br)c(CN(C)CCO)c1. The molecule has 0 aromatic heterocycles. The van der Waals surface area contributed by atoms with Crippen LogP contribution < -0.4 is 4.74 Å². The molecule has 15 heavy (non-hydrogen) atoms. The highest BCUT2D eigenvalue weighted by Crippen LogP contribution is 2.23. The molecule has 0 aliphatic carbocycles. The Hall–Kier alpha value is -0.580. The van der Waals surface area contributed by atoms with Crippen LogP contribution in [-0.4, -0.2) is 37.3 Å². The highest BCUT2D eigenvalue weighted by Gasteiger charge is 2.05. The number of aliphatic hydroxyl groups excluding tert-OH is 1. The number of halogens is 1. The molecule has 0 aliphatic heterocycles. The molecule has 0 heterocycles. The van der Waals surface area contributed by atoms with Crippen LogP contribution in [0.1, 0.15) is 5.56 Å². The van der Waals surface area contributed by atoms with Crippen LogP contribution in [0.2, 0.25) is 0 Å². The van der Waals surface area contributed by atoms with Crippen LogP contribution in [0.15, 0.2) is 22.7 Å². The van der Waals surface area contributed by atoms with E-state index in [1.807, 2.05) is 25.2 Å². The zero-order valence-electron chi connectivity index (χ0n) is 9.03. The summed E-state index contributed by atoms with van der Waals surface area (Å²) in [5.74, 6) is 0.852. The molecule has 0 unspecified atom stereocenters. The van der Waals surface area contributed by atoms with Gasteiger partial charge in [-0.3, -0.25) is 4.90 Å². The van der Waals surface area contributed by atoms with Gasteiger partial charge in [-0.25, -0.2) is 0 Å². The standard InChI is InChI=1S/C11H16BrNO2/c1-13(5-6-14)8-9-7-10(15-2)3-4-11(9)12/h3-4,7,14H,5-6,8H2,1-2H3. The molecule has 84 valence electrons. The molecule has 3 nitrogen and oxygen atoms in total. The predicted molar refractivity (Wildman–Crippen MR) is 64.1 cm³/mol. The van der Waals surface area contributed by atoms with E-state index >= 15 is 0 Å². The first-order valence-corrected chi connectivity index (χ1v) is 5.58. The highest BCUT2D eigenvalue weighted by atomic mass is 79.9. The molecular weight excluding hydrogens is 258 g/mol. The second kappa shape index (κ2) is 6.10. The van der Waals surface area contributed by atoms with Crippen molar-refractivity contribution in [1.82, 2.24) is 4.90 Å². The lowest BCUT2D eigenvalue weighted by molar-refractivity contribution is 0.217. The van der Waals surface area contributed by atoms with Gasteiger partial charge < -0.3 is 9.84 Å². The van der Waals surface area contributed by atoms with Gasteiger partial charge >= 0.3 is 0 Å². The van der Waals surface area contributed by atoms with E-state index in [0.717, 1.165) is 22.3 Å². The molecule has 0 spiro atoms. The van der Waals surface area contributed by atoms with Crippen LogP contribution in [0.4, 0.5) is 0 Å². The van der Waals surface area contributed by atoms with Crippen LogP contribution in [0.5, 0.6) is 5.75 Å². The van der Waals surface area contributed by atoms with Gasteiger partial charge in [-0.15, -0.1) is 0 Å². The van der Waals surface area contributed by atoms with E-state index in [1.165, 1.54) is 0 Å². The van der Waals surface area contributed by atoms with E-state index in [4.69, 9.17) is 9.84 Å². The number of hydrogen-bond acceptors (Lipinski definition) is 3. The number of ether oxygens (including phenoxy) is 1. The Morgan fingerprint density at radius 1 is 1.47 bits per heavy atom. The van der Waals surface area contributed by atoms with Gasteiger partial charge in [0.25, 0.3) is 0 Å². The highest BCUT2D eigenvalue weighted by molar-refractivity contribution is 9.10. The summed E-state index contributed by atoms with van der Waals surface area (Å²) in [6.07, 6.45) is 0. The summed E-state index contributed by atoms with van der Waals surface area (Å²) in [5, 5.41) is 8.81. The number of nitrogens with zero attached hydrogens (tertiary/aromatic N) is 1. The first-order valence-electron chi connectivity index (χ1n) is 4.79. The van der Waals surface area contributed by atoms with E-state index in [2.05, 4.69) is 20.8 Å². The molecule has 4 heteroatoms. The van der Waals surface area contributed by atoms with Crippen LogP contribution in [0.25, 0.3) is 0 Å². The van der Waals surface area contributed by atoms with Crippen molar-refractivity contribution in [3.63, 3.8) is 0 Å². The van der Waals surface area contributed by atoms with Gasteiger partial charge in [-0.05, 0) is 30.8 Å². The summed E-state index contributed by atoms with van der Waals surface area (Å²) < 4.78 is 6.23. The molecular formula is C11H16BrNO2. The van der Waals surface area contributed by atoms with Crippen molar-refractivity contribution < 1.29 is 9.84 Å². The van der Waals surface area contributed by atoms with E-state index in [9.17, 15) is 0 Å². The maximum Gasteiger partial charge on any atom is 0.119 e. The predicted octanol–water partition coefficient (Wildman–Crippen LogP) is 1.88. The molecule has 0 radical (unpaired) electrons. The monoisotopic (exact) mass is 273 g/mol. The Kier molecular flexibility index (Phi) is 5.08. The average molecular weight is 274 g/mol. The Bertz CT molecular complexity index is 317. The summed E-state index contributed by atoms with van der Waals surface area (Å²) in [6.45, 7) is 1.64. The minimum atomic E-state index is 0.179. The molecule has 0 saturated carbocycles. The van der Waals surface area contributed by atoms with Crippen LogP contribution in [0, 0.1) is 0 Å². The van der Waals surface area contributed by atoms with Gasteiger partial charge in [0, 0.05) is 17.6 Å². The van der Waals surface area contributed by atoms with E-state index in [0.29, 0.717) is 6.54 Å². The Morgan fingerprint density at radius 2 is 2.20 bits per heavy atom. The number of rotatable bonds is 5. The van der Waals surface area contributed by atoms with Crippen LogP contribution in [-0.2, 0) is 6.54 Å². The number of methoxy groups -OCH3 is 1. The second-order valence-corrected chi connectivity index (χ2v) is 4.27. The summed E-state index contributed by atoms with van der Waals surface area (Å²) in [7, 11) is 3.63. The quantitative estimate of drug-likeness (QED) is 0.890. The number of benzene rings is 1. The van der Waals surface area contributed by atoms with Crippen molar-refractivity contribution in [2.24, 2.45) is 0 Å². The third-order valence-electron chi connectivity index (χ3n) is 2.17. The average Bonchev–Trinajstić information content (AvgIpc) is 2.21. The third kappa shape index (κ3) is 3.81. The van der Waals surface area contributed by atoms with Gasteiger partial charge in [0.1, 0.15) is 5.75 Å². The Labute approximate surface area is 98.8 Å². The maximum absolute atomic E-state index is 8.81. The van der Waals surface area contributed by atoms with Crippen molar-refractivity contribution in [3.8, 4) is 5.75 Å². The molecule has 0 saturated heterocycles. The lowest BCUT2D eigenvalue weighted by atomic mass is 10.2. The second-order valence-electron chi connectivity index (χ2n) is 3.42. The van der Waals surface area contributed by atoms with Crippen LogP contribution in [0.3, 0.4) is 0 Å². The molecule has 0 amide bonds. The van der Waals surface area contributed by atoms with Crippen LogP contribution >= 0.6 is 15.9 Å². The topological polar surface area (TPSA) is 32.7 Å². The number of aliphatic hydroxyl groups is 1. The minimum Gasteiger partial charge on any atom is -0.497 e. The van der Waals surface area contributed by atoms with Gasteiger partial charge in [-0.2, -0.15) is 0 Å². The van der Waals surface area contributed by atoms with Gasteiger partial charge in [0.2, 0.25) is 0 Å². The fourth-order valence-corrected chi connectivity index (χ4v) is 1.71. The molecule has 1 N–H and O–H groups in total. The number of hydrogen-bond donors (Lipinski definition) is 1. The molecule has 0 aliphatic rings. The normalized spacial score (nSPS) is 10.7. The first kappa shape index (κ1) is 12.5. The molecule has 1 rings (SSSR count). The fourth-order valence-electron chi connectivity index (χ4n) is 1.34. The summed E-state index contributed by atoms with van der Waals surface area (Å²) in [4.78, 5) is 2.06. The zero-order valence-corrected chi connectivity index (χ0v) is 10.6. The zero-order chi connectivity index (χ0) is 11.3. The number of likely N-dealkylation sites (N-methyl/N-ethyl adjacent to an activating group) is 1.